The third-order valence-electron chi connectivity index (χ3n) is 18.8. The molecule has 8 heteroatoms. The van der Waals surface area contributed by atoms with E-state index in [4.69, 9.17) is 34.9 Å². The second kappa shape index (κ2) is 27.4. The van der Waals surface area contributed by atoms with Crippen molar-refractivity contribution >= 4 is 43.6 Å². The number of benzene rings is 11. The Morgan fingerprint density at radius 2 is 0.539 bits per heavy atom. The molecule has 0 spiro atoms. The van der Waals surface area contributed by atoms with E-state index in [1.165, 1.54) is 5.56 Å². The lowest BCUT2D eigenvalue weighted by Gasteiger charge is -2.14. The van der Waals surface area contributed by atoms with Gasteiger partial charge in [-0.25, -0.2) is 24.9 Å². The van der Waals surface area contributed by atoms with E-state index in [1.807, 2.05) is 98.9 Å². The average Bonchev–Trinajstić information content (AvgIpc) is 0.759. The molecule has 0 saturated carbocycles. The number of fused-ring (bicyclic) bond motifs is 6. The van der Waals surface area contributed by atoms with E-state index >= 15 is 0 Å². The third-order valence-corrected chi connectivity index (χ3v) is 18.8. The van der Waals surface area contributed by atoms with Crippen molar-refractivity contribution in [1.82, 2.24) is 39.9 Å². The van der Waals surface area contributed by atoms with Crippen molar-refractivity contribution in [1.29, 1.82) is 0 Å². The Morgan fingerprint density at radius 1 is 0.186 bits per heavy atom. The number of pyridine rings is 6. The Hall–Kier alpha value is -13.6. The zero-order chi connectivity index (χ0) is 68.3. The van der Waals surface area contributed by atoms with Gasteiger partial charge < -0.3 is 0 Å². The fourth-order valence-corrected chi connectivity index (χ4v) is 13.5. The number of hydrogen-bond donors (Lipinski definition) is 0. The maximum Gasteiger partial charge on any atom is 0.160 e. The van der Waals surface area contributed by atoms with Crippen molar-refractivity contribution in [2.24, 2.45) is 0 Å². The summed E-state index contributed by atoms with van der Waals surface area (Å²) < 4.78 is 0. The molecule has 7 aromatic heterocycles. The molecule has 0 atom stereocenters. The first-order valence-electron chi connectivity index (χ1n) is 34.3. The van der Waals surface area contributed by atoms with Gasteiger partial charge in [0, 0.05) is 72.5 Å². The molecule has 480 valence electrons. The smallest absolute Gasteiger partial charge is 0.160 e. The number of aryl methyl sites for hydroxylation is 2. The van der Waals surface area contributed by atoms with Gasteiger partial charge in [0.25, 0.3) is 0 Å². The van der Waals surface area contributed by atoms with Gasteiger partial charge in [-0.2, -0.15) is 0 Å². The molecule has 0 aliphatic heterocycles. The summed E-state index contributed by atoms with van der Waals surface area (Å²) in [5.41, 5.74) is 29.5. The summed E-state index contributed by atoms with van der Waals surface area (Å²) in [7, 11) is 0. The lowest BCUT2D eigenvalue weighted by Crippen LogP contribution is -1.95. The summed E-state index contributed by atoms with van der Waals surface area (Å²) in [6.07, 6.45) is 1.81. The zero-order valence-electron chi connectivity index (χ0n) is 56.1. The van der Waals surface area contributed by atoms with Crippen LogP contribution < -0.4 is 0 Å². The molecule has 0 saturated heterocycles. The molecule has 11 aromatic carbocycles. The highest BCUT2D eigenvalue weighted by Gasteiger charge is 2.19. The van der Waals surface area contributed by atoms with Crippen LogP contribution in [-0.2, 0) is 0 Å². The molecule has 0 amide bonds. The summed E-state index contributed by atoms with van der Waals surface area (Å²) in [5.74, 6) is 0.710. The lowest BCUT2D eigenvalue weighted by molar-refractivity contribution is 1.18. The van der Waals surface area contributed by atoms with Crippen LogP contribution in [0.3, 0.4) is 0 Å². The molecule has 0 N–H and O–H groups in total. The van der Waals surface area contributed by atoms with Crippen LogP contribution in [0.25, 0.3) is 178 Å². The molecule has 7 heterocycles. The Kier molecular flexibility index (Phi) is 16.6. The second-order valence-electron chi connectivity index (χ2n) is 25.5. The Bertz CT molecular complexity index is 5600. The number of aromatic nitrogens is 8. The molecule has 0 aliphatic rings. The molecule has 0 radical (unpaired) electrons. The summed E-state index contributed by atoms with van der Waals surface area (Å²) in [6.45, 7) is 4.05. The van der Waals surface area contributed by atoms with Gasteiger partial charge in [-0.3, -0.25) is 15.0 Å². The van der Waals surface area contributed by atoms with Gasteiger partial charge in [-0.15, -0.1) is 0 Å². The monoisotopic (exact) mass is 1300 g/mol. The molecular weight excluding hydrogens is 1240 g/mol. The van der Waals surface area contributed by atoms with Gasteiger partial charge in [0.1, 0.15) is 0 Å². The van der Waals surface area contributed by atoms with E-state index in [1.54, 1.807) is 0 Å². The van der Waals surface area contributed by atoms with Gasteiger partial charge in [-0.05, 0) is 136 Å². The van der Waals surface area contributed by atoms with Gasteiger partial charge in [0.2, 0.25) is 0 Å². The van der Waals surface area contributed by atoms with E-state index in [9.17, 15) is 0 Å². The van der Waals surface area contributed by atoms with Crippen molar-refractivity contribution in [3.8, 4) is 135 Å². The van der Waals surface area contributed by atoms with Crippen LogP contribution in [-0.4, -0.2) is 39.9 Å². The SMILES string of the molecule is Cc1ccc2ccc3c(-c4cccc(-c5ccc(-c6cc(-c7ccccc7)cc(-c7ccccc7)n6)cc5)c4)cc(-c4ccccn4)nc3c2n1.Cc1ccc2ccc3c(-c4cccc(-c5ccc(-c6cc(-c7ccccc7)nc(-c7ccccc7)n6)cc5)c4)cc(-c4ccccc4)nc3c2n1. The van der Waals surface area contributed by atoms with Crippen LogP contribution >= 0.6 is 0 Å². The lowest BCUT2D eigenvalue weighted by atomic mass is 9.94. The van der Waals surface area contributed by atoms with Crippen molar-refractivity contribution in [3.63, 3.8) is 0 Å². The minimum absolute atomic E-state index is 0.710. The highest BCUT2D eigenvalue weighted by molar-refractivity contribution is 6.11. The van der Waals surface area contributed by atoms with Crippen molar-refractivity contribution < 1.29 is 0 Å². The zero-order valence-corrected chi connectivity index (χ0v) is 56.1. The van der Waals surface area contributed by atoms with E-state index in [0.29, 0.717) is 5.82 Å². The number of nitrogens with zero attached hydrogens (tertiary/aromatic N) is 8. The summed E-state index contributed by atoms with van der Waals surface area (Å²) in [4.78, 5) is 40.0. The van der Waals surface area contributed by atoms with E-state index in [-0.39, 0.29) is 0 Å². The van der Waals surface area contributed by atoms with Crippen LogP contribution in [0.5, 0.6) is 0 Å². The minimum Gasteiger partial charge on any atom is -0.255 e. The molecular formula is C94H64N8. The van der Waals surface area contributed by atoms with Crippen molar-refractivity contribution in [2.75, 3.05) is 0 Å². The van der Waals surface area contributed by atoms with Crippen LogP contribution in [0.1, 0.15) is 11.4 Å². The maximum atomic E-state index is 5.20. The fourth-order valence-electron chi connectivity index (χ4n) is 13.5. The molecule has 0 fully saturated rings. The minimum atomic E-state index is 0.710. The molecule has 102 heavy (non-hydrogen) atoms. The molecule has 18 rings (SSSR count). The van der Waals surface area contributed by atoms with E-state index in [2.05, 4.69) is 272 Å². The highest BCUT2D eigenvalue weighted by Crippen LogP contribution is 2.41. The highest BCUT2D eigenvalue weighted by atomic mass is 14.9. The average molecular weight is 1310 g/mol. The first-order chi connectivity index (χ1) is 50.3. The van der Waals surface area contributed by atoms with E-state index < -0.39 is 0 Å². The Balaban J connectivity index is 0.000000152. The predicted molar refractivity (Wildman–Crippen MR) is 420 cm³/mol. The number of rotatable bonds is 12. The fraction of sp³-hybridized carbons (Fsp3) is 0.0213. The second-order valence-corrected chi connectivity index (χ2v) is 25.5. The quantitative estimate of drug-likeness (QED) is 0.111. The van der Waals surface area contributed by atoms with Crippen LogP contribution in [0.15, 0.2) is 352 Å². The molecule has 18 aromatic rings. The Labute approximate surface area is 591 Å². The maximum absolute atomic E-state index is 5.20. The number of hydrogen-bond acceptors (Lipinski definition) is 8. The summed E-state index contributed by atoms with van der Waals surface area (Å²) >= 11 is 0. The van der Waals surface area contributed by atoms with E-state index in [0.717, 1.165) is 178 Å². The summed E-state index contributed by atoms with van der Waals surface area (Å²) in [5, 5.41) is 4.30. The standard InChI is InChI=1S/2C47H32N4/c1-31-20-21-36-26-27-40-41(29-42(33-12-5-2-6-13-33)49-46(40)45(36)48-31)39-19-11-18-38(28-39)32-22-24-35(25-23-32)44-30-43(34-14-7-3-8-15-34)50-47(51-44)37-16-9-4-10-17-37;1-31-18-19-36-24-25-40-41(30-45(42-17-8-9-26-48-42)51-47(40)46(36)49-31)38-16-10-15-37(27-38)33-20-22-35(23-21-33)44-29-39(32-11-4-2-5-12-32)28-43(50-44)34-13-6-3-7-14-34/h2*2-30H,1H3. The first kappa shape index (κ1) is 62.0. The van der Waals surface area contributed by atoms with Crippen LogP contribution in [0.2, 0.25) is 0 Å². The summed E-state index contributed by atoms with van der Waals surface area (Å²) in [6, 6.07) is 120. The largest absolute Gasteiger partial charge is 0.255 e. The molecule has 8 nitrogen and oxygen atoms in total. The molecule has 0 aliphatic carbocycles. The van der Waals surface area contributed by atoms with Gasteiger partial charge in [0.15, 0.2) is 5.82 Å². The van der Waals surface area contributed by atoms with Crippen molar-refractivity contribution in [3.05, 3.63) is 363 Å². The van der Waals surface area contributed by atoms with Gasteiger partial charge in [0.05, 0.1) is 61.9 Å². The predicted octanol–water partition coefficient (Wildman–Crippen LogP) is 23.8. The third kappa shape index (κ3) is 12.8. The molecule has 0 unspecified atom stereocenters. The van der Waals surface area contributed by atoms with Crippen LogP contribution in [0, 0.1) is 13.8 Å². The van der Waals surface area contributed by atoms with Crippen molar-refractivity contribution in [2.45, 2.75) is 13.8 Å². The molecule has 0 bridgehead atoms. The first-order valence-corrected chi connectivity index (χ1v) is 34.3. The van der Waals surface area contributed by atoms with Gasteiger partial charge >= 0.3 is 0 Å². The van der Waals surface area contributed by atoms with Gasteiger partial charge in [-0.1, -0.05) is 279 Å². The van der Waals surface area contributed by atoms with Crippen LogP contribution in [0.4, 0.5) is 0 Å². The normalized spacial score (nSPS) is 11.2. The Morgan fingerprint density at radius 3 is 1.00 bits per heavy atom. The topological polar surface area (TPSA) is 103 Å².